The normalized spacial score (nSPS) is 10.5. The van der Waals surface area contributed by atoms with E-state index < -0.39 is 0 Å². The Balaban J connectivity index is 1.95. The summed E-state index contributed by atoms with van der Waals surface area (Å²) in [4.78, 5) is 18.3. The number of anilines is 1. The first-order chi connectivity index (χ1) is 10.7. The van der Waals surface area contributed by atoms with Crippen LogP contribution < -0.4 is 5.32 Å². The number of benzene rings is 1. The van der Waals surface area contributed by atoms with Gasteiger partial charge >= 0.3 is 0 Å². The standard InChI is InChI=1S/C16H21N3O2S/c1-3-19(4-2)16(21)12-5-7-13(8-6-12)17-9-15-18-14(10-20)11-22-15/h5-8,11,17,20H,3-4,9-10H2,1-2H3. The van der Waals surface area contributed by atoms with Crippen molar-refractivity contribution in [3.63, 3.8) is 0 Å². The summed E-state index contributed by atoms with van der Waals surface area (Å²) in [6, 6.07) is 7.47. The molecule has 0 fully saturated rings. The Bertz CT molecular complexity index is 606. The van der Waals surface area contributed by atoms with Gasteiger partial charge in [-0.25, -0.2) is 4.98 Å². The minimum absolute atomic E-state index is 0.0291. The third kappa shape index (κ3) is 4.05. The highest BCUT2D eigenvalue weighted by atomic mass is 32.1. The zero-order valence-corrected chi connectivity index (χ0v) is 13.7. The Labute approximate surface area is 134 Å². The molecule has 2 rings (SSSR count). The van der Waals surface area contributed by atoms with Crippen molar-refractivity contribution in [2.45, 2.75) is 27.0 Å². The van der Waals surface area contributed by atoms with Gasteiger partial charge in [0.15, 0.2) is 0 Å². The Morgan fingerprint density at radius 1 is 1.27 bits per heavy atom. The summed E-state index contributed by atoms with van der Waals surface area (Å²) in [6.07, 6.45) is 0. The number of aromatic nitrogens is 1. The van der Waals surface area contributed by atoms with Crippen LogP contribution in [0.3, 0.4) is 0 Å². The highest BCUT2D eigenvalue weighted by Crippen LogP contribution is 2.15. The third-order valence-corrected chi connectivity index (χ3v) is 4.29. The number of aliphatic hydroxyl groups is 1. The molecular formula is C16H21N3O2S. The molecule has 0 unspecified atom stereocenters. The van der Waals surface area contributed by atoms with E-state index in [0.717, 1.165) is 10.7 Å². The highest BCUT2D eigenvalue weighted by molar-refractivity contribution is 7.09. The summed E-state index contributed by atoms with van der Waals surface area (Å²) < 4.78 is 0. The first kappa shape index (κ1) is 16.5. The quantitative estimate of drug-likeness (QED) is 0.823. The van der Waals surface area contributed by atoms with E-state index in [2.05, 4.69) is 10.3 Å². The van der Waals surface area contributed by atoms with Gasteiger partial charge in [-0.05, 0) is 38.1 Å². The zero-order valence-electron chi connectivity index (χ0n) is 12.9. The molecule has 1 aromatic heterocycles. The highest BCUT2D eigenvalue weighted by Gasteiger charge is 2.11. The Morgan fingerprint density at radius 2 is 1.95 bits per heavy atom. The fraction of sp³-hybridized carbons (Fsp3) is 0.375. The average molecular weight is 319 g/mol. The molecule has 1 aromatic carbocycles. The molecule has 0 saturated heterocycles. The Hall–Kier alpha value is -1.92. The second kappa shape index (κ2) is 7.91. The van der Waals surface area contributed by atoms with Crippen LogP contribution >= 0.6 is 11.3 Å². The van der Waals surface area contributed by atoms with Crippen LogP contribution in [-0.2, 0) is 13.2 Å². The summed E-state index contributed by atoms with van der Waals surface area (Å²) >= 11 is 1.52. The lowest BCUT2D eigenvalue weighted by molar-refractivity contribution is 0.0773. The average Bonchev–Trinajstić information content (AvgIpc) is 3.02. The summed E-state index contributed by atoms with van der Waals surface area (Å²) in [5.74, 6) is 0.0593. The molecule has 0 saturated carbocycles. The molecule has 6 heteroatoms. The van der Waals surface area contributed by atoms with Crippen LogP contribution in [0.5, 0.6) is 0 Å². The summed E-state index contributed by atoms with van der Waals surface area (Å²) in [6.45, 7) is 5.96. The van der Waals surface area contributed by atoms with Gasteiger partial charge in [0.1, 0.15) is 5.01 Å². The summed E-state index contributed by atoms with van der Waals surface area (Å²) in [5, 5.41) is 15.0. The molecule has 2 aromatic rings. The number of hydrogen-bond acceptors (Lipinski definition) is 5. The van der Waals surface area contributed by atoms with E-state index in [9.17, 15) is 4.79 Å². The van der Waals surface area contributed by atoms with E-state index in [1.807, 2.05) is 43.5 Å². The molecule has 1 amide bonds. The van der Waals surface area contributed by atoms with Crippen LogP contribution in [0.2, 0.25) is 0 Å². The predicted octanol–water partition coefficient (Wildman–Crippen LogP) is 2.73. The van der Waals surface area contributed by atoms with Crippen LogP contribution in [0.25, 0.3) is 0 Å². The van der Waals surface area contributed by atoms with Crippen molar-refractivity contribution < 1.29 is 9.90 Å². The van der Waals surface area contributed by atoms with Crippen LogP contribution in [0, 0.1) is 0 Å². The van der Waals surface area contributed by atoms with E-state index in [1.165, 1.54) is 11.3 Å². The molecule has 5 nitrogen and oxygen atoms in total. The molecule has 0 atom stereocenters. The van der Waals surface area contributed by atoms with E-state index in [0.29, 0.717) is 30.9 Å². The van der Waals surface area contributed by atoms with Crippen molar-refractivity contribution in [3.8, 4) is 0 Å². The summed E-state index contributed by atoms with van der Waals surface area (Å²) in [7, 11) is 0. The largest absolute Gasteiger partial charge is 0.390 e. The molecule has 118 valence electrons. The molecule has 0 aliphatic heterocycles. The maximum absolute atomic E-state index is 12.2. The number of nitrogens with zero attached hydrogens (tertiary/aromatic N) is 2. The Kier molecular flexibility index (Phi) is 5.91. The third-order valence-electron chi connectivity index (χ3n) is 3.39. The second-order valence-electron chi connectivity index (χ2n) is 4.80. The number of nitrogens with one attached hydrogen (secondary N) is 1. The number of amides is 1. The van der Waals surface area contributed by atoms with Crippen molar-refractivity contribution in [1.82, 2.24) is 9.88 Å². The van der Waals surface area contributed by atoms with Gasteiger partial charge in [0.05, 0.1) is 18.8 Å². The van der Waals surface area contributed by atoms with E-state index >= 15 is 0 Å². The number of aliphatic hydroxyl groups excluding tert-OH is 1. The van der Waals surface area contributed by atoms with Crippen LogP contribution in [0.1, 0.15) is 34.9 Å². The van der Waals surface area contributed by atoms with Gasteiger partial charge in [0.25, 0.3) is 5.91 Å². The second-order valence-corrected chi connectivity index (χ2v) is 5.74. The lowest BCUT2D eigenvalue weighted by Crippen LogP contribution is -2.30. The number of thiazole rings is 1. The van der Waals surface area contributed by atoms with E-state index in [1.54, 1.807) is 4.90 Å². The van der Waals surface area contributed by atoms with Crippen molar-refractivity contribution in [1.29, 1.82) is 0 Å². The van der Waals surface area contributed by atoms with Gasteiger partial charge in [-0.2, -0.15) is 0 Å². The number of carbonyl (C=O) groups is 1. The van der Waals surface area contributed by atoms with Crippen molar-refractivity contribution in [2.75, 3.05) is 18.4 Å². The fourth-order valence-electron chi connectivity index (χ4n) is 2.10. The molecule has 22 heavy (non-hydrogen) atoms. The molecule has 0 bridgehead atoms. The van der Waals surface area contributed by atoms with E-state index in [-0.39, 0.29) is 12.5 Å². The van der Waals surface area contributed by atoms with Crippen LogP contribution in [0.4, 0.5) is 5.69 Å². The van der Waals surface area contributed by atoms with Crippen LogP contribution in [-0.4, -0.2) is 34.0 Å². The predicted molar refractivity (Wildman–Crippen MR) is 89.1 cm³/mol. The minimum Gasteiger partial charge on any atom is -0.390 e. The topological polar surface area (TPSA) is 65.5 Å². The van der Waals surface area contributed by atoms with Crippen molar-refractivity contribution in [3.05, 3.63) is 45.9 Å². The van der Waals surface area contributed by atoms with Gasteiger partial charge in [-0.3, -0.25) is 4.79 Å². The molecule has 0 radical (unpaired) electrons. The Morgan fingerprint density at radius 3 is 2.50 bits per heavy atom. The smallest absolute Gasteiger partial charge is 0.253 e. The fourth-order valence-corrected chi connectivity index (χ4v) is 2.83. The monoisotopic (exact) mass is 319 g/mol. The molecule has 0 spiro atoms. The molecule has 0 aliphatic carbocycles. The maximum Gasteiger partial charge on any atom is 0.253 e. The number of carbonyl (C=O) groups excluding carboxylic acids is 1. The van der Waals surface area contributed by atoms with Gasteiger partial charge in [0, 0.05) is 29.7 Å². The number of rotatable bonds is 7. The summed E-state index contributed by atoms with van der Waals surface area (Å²) in [5.41, 5.74) is 2.34. The first-order valence-electron chi connectivity index (χ1n) is 7.35. The van der Waals surface area contributed by atoms with Crippen molar-refractivity contribution >= 4 is 22.9 Å². The van der Waals surface area contributed by atoms with Crippen molar-refractivity contribution in [2.24, 2.45) is 0 Å². The van der Waals surface area contributed by atoms with Gasteiger partial charge in [-0.1, -0.05) is 0 Å². The van der Waals surface area contributed by atoms with Gasteiger partial charge < -0.3 is 15.3 Å². The molecule has 1 heterocycles. The van der Waals surface area contributed by atoms with Gasteiger partial charge in [0.2, 0.25) is 0 Å². The lowest BCUT2D eigenvalue weighted by Gasteiger charge is -2.18. The molecule has 2 N–H and O–H groups in total. The molecular weight excluding hydrogens is 298 g/mol. The zero-order chi connectivity index (χ0) is 15.9. The number of hydrogen-bond donors (Lipinski definition) is 2. The SMILES string of the molecule is CCN(CC)C(=O)c1ccc(NCc2nc(CO)cs2)cc1. The first-order valence-corrected chi connectivity index (χ1v) is 8.23. The van der Waals surface area contributed by atoms with E-state index in [4.69, 9.17) is 5.11 Å². The van der Waals surface area contributed by atoms with Gasteiger partial charge in [-0.15, -0.1) is 11.3 Å². The minimum atomic E-state index is -0.0291. The molecule has 0 aliphatic rings. The van der Waals surface area contributed by atoms with Crippen LogP contribution in [0.15, 0.2) is 29.6 Å². The maximum atomic E-state index is 12.2. The lowest BCUT2D eigenvalue weighted by atomic mass is 10.2.